The first kappa shape index (κ1) is 35.7. The Bertz CT molecular complexity index is 898. The molecule has 0 bridgehead atoms. The molecule has 0 saturated heterocycles. The first-order chi connectivity index (χ1) is 20.5. The van der Waals surface area contributed by atoms with Gasteiger partial charge in [0.05, 0.1) is 12.7 Å². The van der Waals surface area contributed by atoms with Gasteiger partial charge in [0.2, 0.25) is 0 Å². The molecule has 0 radical (unpaired) electrons. The summed E-state index contributed by atoms with van der Waals surface area (Å²) in [7, 11) is 0. The van der Waals surface area contributed by atoms with Gasteiger partial charge < -0.3 is 26.6 Å². The van der Waals surface area contributed by atoms with Crippen molar-refractivity contribution >= 4 is 11.4 Å². The van der Waals surface area contributed by atoms with Crippen molar-refractivity contribution < 1.29 is 23.2 Å². The van der Waals surface area contributed by atoms with Gasteiger partial charge in [-0.3, -0.25) is 8.74 Å². The Balaban J connectivity index is 1.29. The van der Waals surface area contributed by atoms with E-state index >= 15 is 0 Å². The van der Waals surface area contributed by atoms with Crippen molar-refractivity contribution in [2.75, 3.05) is 32.8 Å². The summed E-state index contributed by atoms with van der Waals surface area (Å²) in [5.74, 6) is 3.45. The summed E-state index contributed by atoms with van der Waals surface area (Å²) in [4.78, 5) is 0. The Morgan fingerprint density at radius 3 is 2.44 bits per heavy atom. The summed E-state index contributed by atoms with van der Waals surface area (Å²) in [5, 5.41) is 28.9. The number of hydrogen-bond acceptors (Lipinski definition) is 7. The lowest BCUT2D eigenvalue weighted by atomic mass is 9.43. The average molecular weight is 628 g/mol. The molecule has 7 unspecified atom stereocenters. The van der Waals surface area contributed by atoms with Gasteiger partial charge in [0.25, 0.3) is 0 Å². The molecule has 4 aliphatic rings. The number of aliphatic hydroxyl groups is 2. The van der Waals surface area contributed by atoms with Crippen LogP contribution in [0.15, 0.2) is 0 Å². The SMILES string of the molecule is CC(CCCC(C)(CO)OS(=O)O)[C@H]1CCC2C3C(O)C[C@H]4C[C@@H](NCCCNCCCCN)CC[C@]4(C)C3CC[C@@]21C. The Kier molecular flexibility index (Phi) is 13.0. The minimum absolute atomic E-state index is 0.181. The zero-order valence-corrected chi connectivity index (χ0v) is 28.5. The monoisotopic (exact) mass is 627 g/mol. The van der Waals surface area contributed by atoms with Crippen LogP contribution in [0.1, 0.15) is 118 Å². The molecule has 0 amide bonds. The molecule has 4 rings (SSSR count). The lowest BCUT2D eigenvalue weighted by Crippen LogP contribution is -2.59. The lowest BCUT2D eigenvalue weighted by Gasteiger charge is -2.62. The standard InChI is InChI=1S/C34H65N3O5S/c1-24(9-7-14-32(2,23-38)42-43(40)41)27-10-11-28-31-29(13-16-34(27,28)4)33(3)15-12-26(21-25(33)22-30(31)39)37-20-8-19-36-18-6-5-17-35/h24-31,36-39H,5-23,35H2,1-4H3,(H,40,41)/t24?,25-,26+,27-,28?,29?,30?,31?,32?,33+,34-/m1/s1. The molecule has 4 saturated carbocycles. The van der Waals surface area contributed by atoms with Crippen molar-refractivity contribution in [3.05, 3.63) is 0 Å². The van der Waals surface area contributed by atoms with Crippen molar-refractivity contribution in [1.29, 1.82) is 0 Å². The maximum atomic E-state index is 11.8. The molecule has 0 aliphatic heterocycles. The Morgan fingerprint density at radius 2 is 1.72 bits per heavy atom. The molecule has 252 valence electrons. The Labute approximate surface area is 264 Å². The van der Waals surface area contributed by atoms with Gasteiger partial charge in [-0.05, 0) is 156 Å². The van der Waals surface area contributed by atoms with E-state index in [9.17, 15) is 19.0 Å². The number of rotatable bonds is 17. The van der Waals surface area contributed by atoms with Crippen LogP contribution >= 0.6 is 0 Å². The summed E-state index contributed by atoms with van der Waals surface area (Å²) in [6, 6.07) is 0.583. The van der Waals surface area contributed by atoms with E-state index in [1.165, 1.54) is 44.9 Å². The van der Waals surface area contributed by atoms with Gasteiger partial charge in [0.1, 0.15) is 5.60 Å². The molecule has 43 heavy (non-hydrogen) atoms. The second-order valence-electron chi connectivity index (χ2n) is 15.8. The molecule has 8 nitrogen and oxygen atoms in total. The van der Waals surface area contributed by atoms with Gasteiger partial charge in [-0.1, -0.05) is 33.6 Å². The second-order valence-corrected chi connectivity index (χ2v) is 16.4. The molecule has 0 aromatic heterocycles. The van der Waals surface area contributed by atoms with E-state index in [2.05, 4.69) is 31.4 Å². The van der Waals surface area contributed by atoms with Crippen molar-refractivity contribution in [2.45, 2.75) is 135 Å². The largest absolute Gasteiger partial charge is 0.393 e. The quantitative estimate of drug-likeness (QED) is 0.0979. The van der Waals surface area contributed by atoms with Gasteiger partial charge in [0.15, 0.2) is 0 Å². The van der Waals surface area contributed by atoms with Crippen LogP contribution < -0.4 is 16.4 Å². The molecular weight excluding hydrogens is 562 g/mol. The average Bonchev–Trinajstić information content (AvgIpc) is 3.32. The fraction of sp³-hybridized carbons (Fsp3) is 1.00. The van der Waals surface area contributed by atoms with Crippen LogP contribution in [0.5, 0.6) is 0 Å². The molecule has 4 aliphatic carbocycles. The van der Waals surface area contributed by atoms with E-state index in [0.29, 0.717) is 53.4 Å². The fourth-order valence-electron chi connectivity index (χ4n) is 10.7. The Hall–Kier alpha value is -0.130. The molecular formula is C34H65N3O5S. The minimum Gasteiger partial charge on any atom is -0.393 e. The third-order valence-electron chi connectivity index (χ3n) is 13.2. The number of unbranched alkanes of at least 4 members (excludes halogenated alkanes) is 1. The van der Waals surface area contributed by atoms with Gasteiger partial charge in [-0.15, -0.1) is 0 Å². The highest BCUT2D eigenvalue weighted by Crippen LogP contribution is 2.68. The fourth-order valence-corrected chi connectivity index (χ4v) is 11.2. The van der Waals surface area contributed by atoms with Crippen molar-refractivity contribution in [3.63, 3.8) is 0 Å². The van der Waals surface area contributed by atoms with E-state index in [4.69, 9.17) is 9.92 Å². The van der Waals surface area contributed by atoms with Crippen molar-refractivity contribution in [2.24, 2.45) is 52.1 Å². The number of nitrogens with two attached hydrogens (primary N) is 1. The maximum Gasteiger partial charge on any atom is 0.302 e. The van der Waals surface area contributed by atoms with Gasteiger partial charge in [0, 0.05) is 6.04 Å². The van der Waals surface area contributed by atoms with Gasteiger partial charge in [-0.25, -0.2) is 0 Å². The Morgan fingerprint density at radius 1 is 1.00 bits per heavy atom. The van der Waals surface area contributed by atoms with E-state index < -0.39 is 17.0 Å². The van der Waals surface area contributed by atoms with Crippen molar-refractivity contribution in [1.82, 2.24) is 10.6 Å². The highest BCUT2D eigenvalue weighted by atomic mass is 32.2. The smallest absolute Gasteiger partial charge is 0.302 e. The molecule has 0 aromatic rings. The van der Waals surface area contributed by atoms with Crippen LogP contribution in [-0.4, -0.2) is 69.5 Å². The van der Waals surface area contributed by atoms with E-state index in [1.54, 1.807) is 6.92 Å². The lowest BCUT2D eigenvalue weighted by molar-refractivity contribution is -0.167. The first-order valence-corrected chi connectivity index (χ1v) is 18.7. The summed E-state index contributed by atoms with van der Waals surface area (Å²) in [6.45, 7) is 12.9. The molecule has 0 aromatic carbocycles. The summed E-state index contributed by atoms with van der Waals surface area (Å²) in [6.07, 6.45) is 15.4. The third kappa shape index (κ3) is 8.24. The molecule has 7 N–H and O–H groups in total. The number of fused-ring (bicyclic) bond motifs is 5. The summed E-state index contributed by atoms with van der Waals surface area (Å²) >= 11 is -2.38. The zero-order chi connectivity index (χ0) is 31.3. The molecule has 0 heterocycles. The third-order valence-corrected chi connectivity index (χ3v) is 13.7. The van der Waals surface area contributed by atoms with E-state index in [-0.39, 0.29) is 18.1 Å². The number of aliphatic hydroxyl groups excluding tert-OH is 2. The molecule has 9 heteroatoms. The first-order valence-electron chi connectivity index (χ1n) is 17.7. The minimum atomic E-state index is -2.38. The van der Waals surface area contributed by atoms with Crippen molar-refractivity contribution in [3.8, 4) is 0 Å². The van der Waals surface area contributed by atoms with Gasteiger partial charge >= 0.3 is 11.4 Å². The van der Waals surface area contributed by atoms with Crippen LogP contribution in [0.2, 0.25) is 0 Å². The van der Waals surface area contributed by atoms with Crippen LogP contribution in [0.4, 0.5) is 0 Å². The van der Waals surface area contributed by atoms with Crippen LogP contribution in [0, 0.1) is 46.3 Å². The molecule has 4 fully saturated rings. The topological polar surface area (TPSA) is 137 Å². The number of hydrogen-bond donors (Lipinski definition) is 6. The van der Waals surface area contributed by atoms with Crippen LogP contribution in [0.3, 0.4) is 0 Å². The predicted octanol–water partition coefficient (Wildman–Crippen LogP) is 5.00. The predicted molar refractivity (Wildman–Crippen MR) is 175 cm³/mol. The van der Waals surface area contributed by atoms with E-state index in [1.807, 2.05) is 0 Å². The normalized spacial score (nSPS) is 40.2. The highest BCUT2D eigenvalue weighted by molar-refractivity contribution is 7.74. The maximum absolute atomic E-state index is 11.8. The molecule has 12 atom stereocenters. The van der Waals surface area contributed by atoms with Crippen LogP contribution in [-0.2, 0) is 15.5 Å². The zero-order valence-electron chi connectivity index (χ0n) is 27.7. The van der Waals surface area contributed by atoms with Crippen LogP contribution in [0.25, 0.3) is 0 Å². The van der Waals surface area contributed by atoms with Gasteiger partial charge in [-0.2, -0.15) is 4.21 Å². The molecule has 0 spiro atoms. The summed E-state index contributed by atoms with van der Waals surface area (Å²) < 4.78 is 25.5. The summed E-state index contributed by atoms with van der Waals surface area (Å²) in [5.41, 5.74) is 5.22. The highest BCUT2D eigenvalue weighted by Gasteiger charge is 2.62. The second kappa shape index (κ2) is 15.6. The van der Waals surface area contributed by atoms with E-state index in [0.717, 1.165) is 64.7 Å². The number of nitrogens with one attached hydrogen (secondary N) is 2.